The molecular formula is C7H10ClN3O2S. The SMILES string of the molecule is CC(Cc1ncc(Cl)cn1)S(N)(=O)=O. The predicted molar refractivity (Wildman–Crippen MR) is 53.3 cm³/mol. The Bertz CT molecular complexity index is 403. The number of rotatable bonds is 3. The zero-order chi connectivity index (χ0) is 10.8. The van der Waals surface area contributed by atoms with Crippen molar-refractivity contribution in [2.45, 2.75) is 18.6 Å². The summed E-state index contributed by atoms with van der Waals surface area (Å²) in [4.78, 5) is 7.74. The van der Waals surface area contributed by atoms with Crippen molar-refractivity contribution in [2.75, 3.05) is 0 Å². The molecule has 1 unspecified atom stereocenters. The van der Waals surface area contributed by atoms with E-state index in [9.17, 15) is 8.42 Å². The summed E-state index contributed by atoms with van der Waals surface area (Å²) in [6.45, 7) is 1.51. The molecule has 0 saturated heterocycles. The third kappa shape index (κ3) is 3.21. The summed E-state index contributed by atoms with van der Waals surface area (Å²) in [5, 5.41) is 4.67. The molecule has 0 aromatic carbocycles. The second-order valence-corrected chi connectivity index (χ2v) is 5.34. The number of nitrogens with zero attached hydrogens (tertiary/aromatic N) is 2. The van der Waals surface area contributed by atoms with E-state index >= 15 is 0 Å². The van der Waals surface area contributed by atoms with E-state index in [0.717, 1.165) is 0 Å². The van der Waals surface area contributed by atoms with E-state index in [1.807, 2.05) is 0 Å². The number of hydrogen-bond acceptors (Lipinski definition) is 4. The van der Waals surface area contributed by atoms with Crippen molar-refractivity contribution in [3.63, 3.8) is 0 Å². The Morgan fingerprint density at radius 2 is 2.00 bits per heavy atom. The van der Waals surface area contributed by atoms with Crippen LogP contribution >= 0.6 is 11.6 Å². The van der Waals surface area contributed by atoms with E-state index in [4.69, 9.17) is 16.7 Å². The molecule has 1 aromatic rings. The van der Waals surface area contributed by atoms with Crippen molar-refractivity contribution in [3.05, 3.63) is 23.2 Å². The van der Waals surface area contributed by atoms with Crippen LogP contribution in [0.5, 0.6) is 0 Å². The first-order valence-corrected chi connectivity index (χ1v) is 5.86. The molecule has 1 aromatic heterocycles. The largest absolute Gasteiger partial charge is 0.240 e. The van der Waals surface area contributed by atoms with Gasteiger partial charge in [0.05, 0.1) is 10.3 Å². The highest BCUT2D eigenvalue weighted by Gasteiger charge is 2.17. The first-order valence-electron chi connectivity index (χ1n) is 3.87. The highest BCUT2D eigenvalue weighted by Crippen LogP contribution is 2.06. The molecule has 0 radical (unpaired) electrons. The van der Waals surface area contributed by atoms with Crippen molar-refractivity contribution in [1.82, 2.24) is 9.97 Å². The van der Waals surface area contributed by atoms with Gasteiger partial charge in [0.15, 0.2) is 0 Å². The molecule has 7 heteroatoms. The molecule has 0 aliphatic rings. The van der Waals surface area contributed by atoms with Crippen molar-refractivity contribution >= 4 is 21.6 Å². The number of nitrogens with two attached hydrogens (primary N) is 1. The summed E-state index contributed by atoms with van der Waals surface area (Å²) in [6.07, 6.45) is 3.02. The van der Waals surface area contributed by atoms with Crippen LogP contribution in [0.4, 0.5) is 0 Å². The van der Waals surface area contributed by atoms with Gasteiger partial charge in [-0.05, 0) is 6.92 Å². The zero-order valence-corrected chi connectivity index (χ0v) is 9.09. The van der Waals surface area contributed by atoms with Gasteiger partial charge in [0.1, 0.15) is 5.82 Å². The van der Waals surface area contributed by atoms with Crippen molar-refractivity contribution in [1.29, 1.82) is 0 Å². The molecule has 0 aliphatic heterocycles. The lowest BCUT2D eigenvalue weighted by Crippen LogP contribution is -2.28. The molecule has 0 fully saturated rings. The average molecular weight is 236 g/mol. The van der Waals surface area contributed by atoms with Crippen LogP contribution in [0, 0.1) is 0 Å². The monoisotopic (exact) mass is 235 g/mol. The molecule has 1 rings (SSSR count). The molecule has 0 saturated carbocycles. The van der Waals surface area contributed by atoms with Gasteiger partial charge in [0, 0.05) is 18.8 Å². The minimum Gasteiger partial charge on any atom is -0.240 e. The fourth-order valence-corrected chi connectivity index (χ4v) is 1.30. The zero-order valence-electron chi connectivity index (χ0n) is 7.51. The number of sulfonamides is 1. The topological polar surface area (TPSA) is 85.9 Å². The van der Waals surface area contributed by atoms with Crippen LogP contribution in [-0.2, 0) is 16.4 Å². The lowest BCUT2D eigenvalue weighted by atomic mass is 10.3. The van der Waals surface area contributed by atoms with Crippen LogP contribution in [-0.4, -0.2) is 23.6 Å². The van der Waals surface area contributed by atoms with Gasteiger partial charge in [-0.1, -0.05) is 11.6 Å². The number of halogens is 1. The van der Waals surface area contributed by atoms with Crippen LogP contribution < -0.4 is 5.14 Å². The second kappa shape index (κ2) is 4.20. The molecule has 1 heterocycles. The minimum absolute atomic E-state index is 0.190. The third-order valence-electron chi connectivity index (χ3n) is 1.70. The van der Waals surface area contributed by atoms with Gasteiger partial charge in [-0.2, -0.15) is 0 Å². The van der Waals surface area contributed by atoms with Crippen molar-refractivity contribution in [2.24, 2.45) is 5.14 Å². The molecule has 5 nitrogen and oxygen atoms in total. The molecular weight excluding hydrogens is 226 g/mol. The Balaban J connectivity index is 2.75. The van der Waals surface area contributed by atoms with E-state index in [1.165, 1.54) is 19.3 Å². The summed E-state index contributed by atoms with van der Waals surface area (Å²) in [6, 6.07) is 0. The predicted octanol–water partition coefficient (Wildman–Crippen LogP) is 0.350. The Labute approximate surface area is 87.4 Å². The van der Waals surface area contributed by atoms with E-state index in [-0.39, 0.29) is 6.42 Å². The highest BCUT2D eigenvalue weighted by atomic mass is 35.5. The van der Waals surface area contributed by atoms with Crippen molar-refractivity contribution in [3.8, 4) is 0 Å². The first kappa shape index (κ1) is 11.4. The fourth-order valence-electron chi connectivity index (χ4n) is 0.818. The molecule has 2 N–H and O–H groups in total. The van der Waals surface area contributed by atoms with E-state index < -0.39 is 15.3 Å². The van der Waals surface area contributed by atoms with Crippen LogP contribution in [0.3, 0.4) is 0 Å². The van der Waals surface area contributed by atoms with E-state index in [0.29, 0.717) is 10.8 Å². The van der Waals surface area contributed by atoms with Crippen LogP contribution in [0.1, 0.15) is 12.7 Å². The number of hydrogen-bond donors (Lipinski definition) is 1. The van der Waals surface area contributed by atoms with E-state index in [1.54, 1.807) is 0 Å². The Hall–Kier alpha value is -0.720. The maximum Gasteiger partial charge on any atom is 0.212 e. The standard InChI is InChI=1S/C7H10ClN3O2S/c1-5(14(9,12)13)2-7-10-3-6(8)4-11-7/h3-5H,2H2,1H3,(H2,9,12,13). The summed E-state index contributed by atoms with van der Waals surface area (Å²) in [7, 11) is -3.52. The van der Waals surface area contributed by atoms with Gasteiger partial charge in [0.2, 0.25) is 10.0 Å². The summed E-state index contributed by atoms with van der Waals surface area (Å²) < 4.78 is 21.8. The van der Waals surface area contributed by atoms with E-state index in [2.05, 4.69) is 9.97 Å². The van der Waals surface area contributed by atoms with Gasteiger partial charge in [-0.25, -0.2) is 23.5 Å². The molecule has 0 spiro atoms. The van der Waals surface area contributed by atoms with Gasteiger partial charge in [-0.15, -0.1) is 0 Å². The Morgan fingerprint density at radius 3 is 2.43 bits per heavy atom. The highest BCUT2D eigenvalue weighted by molar-refractivity contribution is 7.89. The quantitative estimate of drug-likeness (QED) is 0.819. The Morgan fingerprint density at radius 1 is 1.50 bits per heavy atom. The maximum atomic E-state index is 10.9. The fraction of sp³-hybridized carbons (Fsp3) is 0.429. The average Bonchev–Trinajstić information content (AvgIpc) is 2.07. The van der Waals surface area contributed by atoms with Crippen molar-refractivity contribution < 1.29 is 8.42 Å². The molecule has 78 valence electrons. The summed E-state index contributed by atoms with van der Waals surface area (Å²) >= 11 is 5.57. The van der Waals surface area contributed by atoms with Crippen LogP contribution in [0.15, 0.2) is 12.4 Å². The third-order valence-corrected chi connectivity index (χ3v) is 3.19. The molecule has 1 atom stereocenters. The lowest BCUT2D eigenvalue weighted by molar-refractivity contribution is 0.582. The minimum atomic E-state index is -3.52. The molecule has 0 bridgehead atoms. The Kier molecular flexibility index (Phi) is 3.41. The molecule has 0 amide bonds. The molecule has 0 aliphatic carbocycles. The maximum absolute atomic E-state index is 10.9. The summed E-state index contributed by atoms with van der Waals surface area (Å²) in [5.41, 5.74) is 0. The van der Waals surface area contributed by atoms with Crippen LogP contribution in [0.25, 0.3) is 0 Å². The normalized spacial score (nSPS) is 13.9. The lowest BCUT2D eigenvalue weighted by Gasteiger charge is -2.06. The van der Waals surface area contributed by atoms with Gasteiger partial charge >= 0.3 is 0 Å². The van der Waals surface area contributed by atoms with Gasteiger partial charge in [-0.3, -0.25) is 0 Å². The van der Waals surface area contributed by atoms with Gasteiger partial charge in [0.25, 0.3) is 0 Å². The number of aromatic nitrogens is 2. The number of primary sulfonamides is 1. The summed E-state index contributed by atoms with van der Waals surface area (Å²) in [5.74, 6) is 0.413. The molecule has 14 heavy (non-hydrogen) atoms. The second-order valence-electron chi connectivity index (χ2n) is 2.92. The van der Waals surface area contributed by atoms with Gasteiger partial charge < -0.3 is 0 Å². The smallest absolute Gasteiger partial charge is 0.212 e. The first-order chi connectivity index (χ1) is 6.39. The van der Waals surface area contributed by atoms with Crippen LogP contribution in [0.2, 0.25) is 5.02 Å².